The van der Waals surface area contributed by atoms with Gasteiger partial charge in [0.25, 0.3) is 0 Å². The minimum atomic E-state index is 0.695. The summed E-state index contributed by atoms with van der Waals surface area (Å²) in [5.41, 5.74) is 0. The predicted octanol–water partition coefficient (Wildman–Crippen LogP) is 1.07. The summed E-state index contributed by atoms with van der Waals surface area (Å²) in [6, 6.07) is 0. The molecule has 0 N–H and O–H groups in total. The Morgan fingerprint density at radius 2 is 1.67 bits per heavy atom. The SMILES string of the molecule is [Te]C1C=CC=C1. The van der Waals surface area contributed by atoms with Crippen LogP contribution in [0.5, 0.6) is 0 Å². The Hall–Kier alpha value is 0.270. The molecule has 0 amide bonds. The van der Waals surface area contributed by atoms with Crippen LogP contribution in [0, 0.1) is 0 Å². The van der Waals surface area contributed by atoms with Gasteiger partial charge >= 0.3 is 50.6 Å². The monoisotopic (exact) mass is 195 g/mol. The third-order valence-corrected chi connectivity index (χ3v) is 1.61. The number of rotatable bonds is 0. The minimum absolute atomic E-state index is 0.695. The van der Waals surface area contributed by atoms with E-state index in [0.717, 1.165) is 0 Å². The van der Waals surface area contributed by atoms with E-state index in [4.69, 9.17) is 0 Å². The molecule has 1 aliphatic carbocycles. The molecule has 0 fully saturated rings. The second kappa shape index (κ2) is 1.82. The van der Waals surface area contributed by atoms with E-state index in [1.807, 2.05) is 0 Å². The quantitative estimate of drug-likeness (QED) is 0.504. The van der Waals surface area contributed by atoms with Crippen molar-refractivity contribution in [1.82, 2.24) is 0 Å². The molecule has 1 heteroatoms. The molecule has 0 unspecified atom stereocenters. The van der Waals surface area contributed by atoms with Crippen LogP contribution in [0.4, 0.5) is 0 Å². The van der Waals surface area contributed by atoms with Crippen molar-refractivity contribution in [2.75, 3.05) is 0 Å². The van der Waals surface area contributed by atoms with E-state index in [1.165, 1.54) is 0 Å². The summed E-state index contributed by atoms with van der Waals surface area (Å²) in [4.78, 5) is 0. The van der Waals surface area contributed by atoms with Crippen LogP contribution in [-0.2, 0) is 0 Å². The van der Waals surface area contributed by atoms with Gasteiger partial charge in [0.2, 0.25) is 0 Å². The zero-order valence-corrected chi connectivity index (χ0v) is 5.63. The molecular formula is C5H5Te. The molecule has 0 aromatic rings. The number of hydrogen-bond acceptors (Lipinski definition) is 0. The Morgan fingerprint density at radius 1 is 1.17 bits per heavy atom. The van der Waals surface area contributed by atoms with Gasteiger partial charge in [-0.15, -0.1) is 0 Å². The summed E-state index contributed by atoms with van der Waals surface area (Å²) in [6.07, 6.45) is 8.50. The number of allylic oxidation sites excluding steroid dienone is 4. The standard InChI is InChI=1S/C5H5Te/c6-5-3-1-2-4-5/h1-5H. The summed E-state index contributed by atoms with van der Waals surface area (Å²) in [6.45, 7) is 0. The Balaban J connectivity index is 2.60. The second-order valence-electron chi connectivity index (χ2n) is 1.23. The van der Waals surface area contributed by atoms with Crippen LogP contribution in [0.2, 0.25) is 3.97 Å². The normalized spacial score (nSPS) is 20.2. The molecule has 6 heavy (non-hydrogen) atoms. The first-order valence-corrected chi connectivity index (χ1v) is 3.25. The second-order valence-corrected chi connectivity index (χ2v) is 2.79. The predicted molar refractivity (Wildman–Crippen MR) is 27.8 cm³/mol. The summed E-state index contributed by atoms with van der Waals surface area (Å²) >= 11 is 2.10. The van der Waals surface area contributed by atoms with E-state index in [9.17, 15) is 0 Å². The van der Waals surface area contributed by atoms with Crippen molar-refractivity contribution in [3.8, 4) is 0 Å². The molecule has 1 radical (unpaired) electrons. The Morgan fingerprint density at radius 3 is 1.83 bits per heavy atom. The molecule has 0 aromatic carbocycles. The van der Waals surface area contributed by atoms with Gasteiger partial charge in [0, 0.05) is 0 Å². The molecule has 0 spiro atoms. The molecule has 0 aromatic heterocycles. The van der Waals surface area contributed by atoms with E-state index in [2.05, 4.69) is 46.6 Å². The zero-order chi connectivity index (χ0) is 4.41. The molecule has 0 atom stereocenters. The van der Waals surface area contributed by atoms with Gasteiger partial charge in [-0.25, -0.2) is 0 Å². The van der Waals surface area contributed by atoms with Crippen LogP contribution in [-0.4, -0.2) is 22.3 Å². The molecule has 0 saturated carbocycles. The van der Waals surface area contributed by atoms with Crippen molar-refractivity contribution in [3.05, 3.63) is 24.3 Å². The summed E-state index contributed by atoms with van der Waals surface area (Å²) < 4.78 is 0.695. The molecule has 1 aliphatic rings. The first kappa shape index (κ1) is 4.43. The Kier molecular flexibility index (Phi) is 1.34. The molecule has 1 rings (SSSR count). The van der Waals surface area contributed by atoms with Crippen molar-refractivity contribution in [2.24, 2.45) is 0 Å². The van der Waals surface area contributed by atoms with Gasteiger partial charge in [-0.05, 0) is 0 Å². The van der Waals surface area contributed by atoms with Gasteiger partial charge in [-0.2, -0.15) is 0 Å². The number of hydrogen-bond donors (Lipinski definition) is 0. The first-order valence-electron chi connectivity index (χ1n) is 1.90. The van der Waals surface area contributed by atoms with Crippen molar-refractivity contribution in [2.45, 2.75) is 3.97 Å². The molecule has 0 bridgehead atoms. The van der Waals surface area contributed by atoms with Crippen LogP contribution in [0.1, 0.15) is 0 Å². The maximum atomic E-state index is 2.17. The van der Waals surface area contributed by atoms with E-state index < -0.39 is 0 Å². The van der Waals surface area contributed by atoms with Crippen molar-refractivity contribution in [3.63, 3.8) is 0 Å². The van der Waals surface area contributed by atoms with Gasteiger partial charge in [0.05, 0.1) is 0 Å². The van der Waals surface area contributed by atoms with Gasteiger partial charge in [0.1, 0.15) is 0 Å². The van der Waals surface area contributed by atoms with Crippen LogP contribution < -0.4 is 0 Å². The summed E-state index contributed by atoms with van der Waals surface area (Å²) in [7, 11) is 0. The molecule has 0 nitrogen and oxygen atoms in total. The van der Waals surface area contributed by atoms with Crippen molar-refractivity contribution >= 4 is 22.3 Å². The van der Waals surface area contributed by atoms with E-state index in [0.29, 0.717) is 3.97 Å². The molecule has 0 saturated heterocycles. The van der Waals surface area contributed by atoms with Crippen LogP contribution in [0.15, 0.2) is 24.3 Å². The fourth-order valence-corrected chi connectivity index (χ4v) is 0.929. The van der Waals surface area contributed by atoms with Gasteiger partial charge in [0.15, 0.2) is 0 Å². The third kappa shape index (κ3) is 0.864. The Bertz CT molecular complexity index is 80.1. The topological polar surface area (TPSA) is 0 Å². The third-order valence-electron chi connectivity index (χ3n) is 0.713. The molecule has 0 heterocycles. The Labute approximate surface area is 50.8 Å². The van der Waals surface area contributed by atoms with Crippen LogP contribution in [0.25, 0.3) is 0 Å². The van der Waals surface area contributed by atoms with E-state index >= 15 is 0 Å². The van der Waals surface area contributed by atoms with Gasteiger partial charge < -0.3 is 0 Å². The average molecular weight is 193 g/mol. The summed E-state index contributed by atoms with van der Waals surface area (Å²) in [5.74, 6) is 0. The van der Waals surface area contributed by atoms with Crippen LogP contribution in [0.3, 0.4) is 0 Å². The van der Waals surface area contributed by atoms with Gasteiger partial charge in [-0.1, -0.05) is 0 Å². The maximum absolute atomic E-state index is 2.17. The van der Waals surface area contributed by atoms with Crippen LogP contribution >= 0.6 is 0 Å². The zero-order valence-electron chi connectivity index (χ0n) is 3.29. The average Bonchev–Trinajstić information content (AvgIpc) is 1.86. The summed E-state index contributed by atoms with van der Waals surface area (Å²) in [5, 5.41) is 0. The molecule has 0 aliphatic heterocycles. The van der Waals surface area contributed by atoms with E-state index in [-0.39, 0.29) is 0 Å². The first-order chi connectivity index (χ1) is 2.89. The van der Waals surface area contributed by atoms with E-state index in [1.54, 1.807) is 0 Å². The molecule has 31 valence electrons. The van der Waals surface area contributed by atoms with Crippen molar-refractivity contribution < 1.29 is 0 Å². The fraction of sp³-hybridized carbons (Fsp3) is 0.200. The molecular weight excluding hydrogens is 188 g/mol. The fourth-order valence-electron chi connectivity index (χ4n) is 0.411. The van der Waals surface area contributed by atoms with Gasteiger partial charge in [-0.3, -0.25) is 0 Å². The van der Waals surface area contributed by atoms with Crippen molar-refractivity contribution in [1.29, 1.82) is 0 Å².